The van der Waals surface area contributed by atoms with Gasteiger partial charge in [-0.05, 0) is 6.92 Å². The topological polar surface area (TPSA) is 60.2 Å². The monoisotopic (exact) mass is 218 g/mol. The van der Waals surface area contributed by atoms with E-state index in [1.165, 1.54) is 0 Å². The van der Waals surface area contributed by atoms with E-state index in [9.17, 15) is 5.11 Å². The largest absolute Gasteiger partial charge is 0.492 e. The smallest absolute Gasteiger partial charge is 0.232 e. The molecule has 1 aliphatic rings. The molecule has 1 heterocycles. The van der Waals surface area contributed by atoms with Gasteiger partial charge in [-0.15, -0.1) is 5.11 Å². The van der Waals surface area contributed by atoms with Crippen molar-refractivity contribution >= 4 is 5.70 Å². The molecule has 0 fully saturated rings. The fraction of sp³-hybridized carbons (Fsp3) is 0.273. The fourth-order valence-corrected chi connectivity index (χ4v) is 1.60. The average Bonchev–Trinajstić information content (AvgIpc) is 2.31. The van der Waals surface area contributed by atoms with E-state index < -0.39 is 0 Å². The van der Waals surface area contributed by atoms with Gasteiger partial charge >= 0.3 is 0 Å². The lowest BCUT2D eigenvalue weighted by molar-refractivity contribution is 0.110. The first-order valence-electron chi connectivity index (χ1n) is 5.10. The third-order valence-electron chi connectivity index (χ3n) is 2.43. The van der Waals surface area contributed by atoms with Crippen molar-refractivity contribution in [1.29, 1.82) is 0 Å². The lowest BCUT2D eigenvalue weighted by Gasteiger charge is -2.29. The molecule has 0 aliphatic carbocycles. The molecular weight excluding hydrogens is 204 g/mol. The van der Waals surface area contributed by atoms with Gasteiger partial charge in [0.1, 0.15) is 0 Å². The van der Waals surface area contributed by atoms with Gasteiger partial charge in [-0.25, -0.2) is 5.43 Å². The maximum atomic E-state index is 10.0. The summed E-state index contributed by atoms with van der Waals surface area (Å²) >= 11 is 0. The maximum Gasteiger partial charge on any atom is 0.232 e. The molecule has 2 rings (SSSR count). The molecular formula is C11H14N4O. The third kappa shape index (κ3) is 1.77. The average molecular weight is 218 g/mol. The first-order valence-corrected chi connectivity index (χ1v) is 5.10. The maximum absolute atomic E-state index is 10.0. The minimum atomic E-state index is -0.211. The Morgan fingerprint density at radius 2 is 2.00 bits per heavy atom. The zero-order valence-corrected chi connectivity index (χ0v) is 9.25. The van der Waals surface area contributed by atoms with Crippen LogP contribution in [0.15, 0.2) is 46.4 Å². The number of nitrogens with one attached hydrogen (secondary N) is 1. The van der Waals surface area contributed by atoms with Crippen molar-refractivity contribution in [2.75, 3.05) is 7.05 Å². The Morgan fingerprint density at radius 1 is 1.31 bits per heavy atom. The second-order valence-corrected chi connectivity index (χ2v) is 3.48. The number of aliphatic hydroxyl groups is 1. The van der Waals surface area contributed by atoms with Crippen LogP contribution in [0.25, 0.3) is 5.70 Å². The van der Waals surface area contributed by atoms with Gasteiger partial charge in [0, 0.05) is 12.6 Å². The summed E-state index contributed by atoms with van der Waals surface area (Å²) in [6.45, 7) is 1.85. The number of hydrogen-bond acceptors (Lipinski definition) is 5. The van der Waals surface area contributed by atoms with Gasteiger partial charge in [0.15, 0.2) is 11.9 Å². The predicted molar refractivity (Wildman–Crippen MR) is 61.2 cm³/mol. The molecule has 5 nitrogen and oxygen atoms in total. The molecule has 0 saturated heterocycles. The summed E-state index contributed by atoms with van der Waals surface area (Å²) in [6.07, 6.45) is -0.211. The first-order chi connectivity index (χ1) is 7.74. The lowest BCUT2D eigenvalue weighted by Crippen LogP contribution is -2.42. The molecule has 0 aromatic heterocycles. The molecule has 5 heteroatoms. The van der Waals surface area contributed by atoms with Crippen molar-refractivity contribution in [3.8, 4) is 0 Å². The van der Waals surface area contributed by atoms with E-state index in [4.69, 9.17) is 0 Å². The second kappa shape index (κ2) is 4.32. The molecule has 84 valence electrons. The highest BCUT2D eigenvalue weighted by molar-refractivity contribution is 5.65. The molecule has 0 spiro atoms. The van der Waals surface area contributed by atoms with Crippen molar-refractivity contribution in [2.24, 2.45) is 10.2 Å². The van der Waals surface area contributed by atoms with Crippen molar-refractivity contribution < 1.29 is 5.11 Å². The zero-order valence-electron chi connectivity index (χ0n) is 9.25. The van der Waals surface area contributed by atoms with Gasteiger partial charge in [-0.2, -0.15) is 5.11 Å². The van der Waals surface area contributed by atoms with Crippen molar-refractivity contribution in [2.45, 2.75) is 13.1 Å². The molecule has 0 saturated carbocycles. The van der Waals surface area contributed by atoms with Crippen LogP contribution in [0.5, 0.6) is 0 Å². The van der Waals surface area contributed by atoms with E-state index >= 15 is 0 Å². The van der Waals surface area contributed by atoms with Crippen LogP contribution in [0.2, 0.25) is 0 Å². The number of rotatable bonds is 2. The van der Waals surface area contributed by atoms with Crippen molar-refractivity contribution in [1.82, 2.24) is 10.4 Å². The minimum Gasteiger partial charge on any atom is -0.492 e. The number of hydrogen-bond donors (Lipinski definition) is 2. The standard InChI is InChI=1S/C11H14N4O/c1-8-13-14-10(11(16)15(8)12-2)9-6-4-3-5-7-9/h3-8,12,16H,1-2H3. The highest BCUT2D eigenvalue weighted by atomic mass is 16.3. The van der Waals surface area contributed by atoms with Crippen molar-refractivity contribution in [3.63, 3.8) is 0 Å². The van der Waals surface area contributed by atoms with Gasteiger partial charge in [-0.1, -0.05) is 30.3 Å². The summed E-state index contributed by atoms with van der Waals surface area (Å²) in [7, 11) is 1.73. The molecule has 1 atom stereocenters. The van der Waals surface area contributed by atoms with Crippen LogP contribution in [-0.4, -0.2) is 23.3 Å². The Kier molecular flexibility index (Phi) is 2.87. The molecule has 0 amide bonds. The number of azo groups is 1. The van der Waals surface area contributed by atoms with Gasteiger partial charge in [0.2, 0.25) is 5.88 Å². The predicted octanol–water partition coefficient (Wildman–Crippen LogP) is 2.12. The van der Waals surface area contributed by atoms with Crippen molar-refractivity contribution in [3.05, 3.63) is 41.8 Å². The van der Waals surface area contributed by atoms with E-state index in [1.54, 1.807) is 12.1 Å². The summed E-state index contributed by atoms with van der Waals surface area (Å²) in [5.41, 5.74) is 4.20. The molecule has 1 aromatic carbocycles. The molecule has 16 heavy (non-hydrogen) atoms. The molecule has 0 bridgehead atoms. The summed E-state index contributed by atoms with van der Waals surface area (Å²) in [6, 6.07) is 9.47. The Labute approximate surface area is 94.1 Å². The Bertz CT molecular complexity index is 427. The first kappa shape index (κ1) is 10.6. The van der Waals surface area contributed by atoms with Gasteiger partial charge in [0.05, 0.1) is 0 Å². The molecule has 1 unspecified atom stereocenters. The van der Waals surface area contributed by atoms with Gasteiger partial charge in [0.25, 0.3) is 0 Å². The van der Waals surface area contributed by atoms with E-state index in [2.05, 4.69) is 15.7 Å². The van der Waals surface area contributed by atoms with E-state index in [0.29, 0.717) is 5.70 Å². The summed E-state index contributed by atoms with van der Waals surface area (Å²) in [4.78, 5) is 0. The fourth-order valence-electron chi connectivity index (χ4n) is 1.60. The second-order valence-electron chi connectivity index (χ2n) is 3.48. The highest BCUT2D eigenvalue weighted by Gasteiger charge is 2.23. The molecule has 2 N–H and O–H groups in total. The molecule has 1 aromatic rings. The highest BCUT2D eigenvalue weighted by Crippen LogP contribution is 2.26. The Morgan fingerprint density at radius 3 is 2.62 bits per heavy atom. The van der Waals surface area contributed by atoms with Crippen LogP contribution in [0, 0.1) is 0 Å². The number of nitrogens with zero attached hydrogens (tertiary/aromatic N) is 3. The minimum absolute atomic E-state index is 0.0937. The number of aliphatic hydroxyl groups excluding tert-OH is 1. The molecule has 0 radical (unpaired) electrons. The van der Waals surface area contributed by atoms with Gasteiger partial charge < -0.3 is 5.11 Å². The lowest BCUT2D eigenvalue weighted by atomic mass is 10.1. The van der Waals surface area contributed by atoms with Crippen LogP contribution >= 0.6 is 0 Å². The third-order valence-corrected chi connectivity index (χ3v) is 2.43. The number of hydrazine groups is 1. The zero-order chi connectivity index (χ0) is 11.5. The molecule has 1 aliphatic heterocycles. The SMILES string of the molecule is CNN1C(O)=C(c2ccccc2)N=NC1C. The van der Waals surface area contributed by atoms with E-state index in [0.717, 1.165) is 5.56 Å². The van der Waals surface area contributed by atoms with Gasteiger partial charge in [-0.3, -0.25) is 5.01 Å². The Hall–Kier alpha value is -1.88. The Balaban J connectivity index is 2.41. The van der Waals surface area contributed by atoms with Crippen LogP contribution in [0.3, 0.4) is 0 Å². The van der Waals surface area contributed by atoms with Crippen LogP contribution in [0.4, 0.5) is 0 Å². The quantitative estimate of drug-likeness (QED) is 0.799. The van der Waals surface area contributed by atoms with Crippen LogP contribution in [-0.2, 0) is 0 Å². The summed E-state index contributed by atoms with van der Waals surface area (Å²) in [5, 5.41) is 19.7. The summed E-state index contributed by atoms with van der Waals surface area (Å²) in [5.74, 6) is 0.0937. The van der Waals surface area contributed by atoms with Crippen LogP contribution < -0.4 is 5.43 Å². The number of benzene rings is 1. The van der Waals surface area contributed by atoms with E-state index in [1.807, 2.05) is 37.3 Å². The van der Waals surface area contributed by atoms with E-state index in [-0.39, 0.29) is 12.0 Å². The summed E-state index contributed by atoms with van der Waals surface area (Å²) < 4.78 is 0. The normalized spacial score (nSPS) is 20.4. The van der Waals surface area contributed by atoms with Crippen LogP contribution in [0.1, 0.15) is 12.5 Å².